The summed E-state index contributed by atoms with van der Waals surface area (Å²) in [6.07, 6.45) is -4.20. The summed E-state index contributed by atoms with van der Waals surface area (Å²) in [4.78, 5) is 28.9. The van der Waals surface area contributed by atoms with Crippen molar-refractivity contribution in [1.29, 1.82) is 0 Å². The van der Waals surface area contributed by atoms with Crippen molar-refractivity contribution in [2.24, 2.45) is 0 Å². The third-order valence-electron chi connectivity index (χ3n) is 2.88. The second-order valence-electron chi connectivity index (χ2n) is 4.60. The standard InChI is InChI=1S/C13H7F3N4O5/c14-13(15,16)25-6-1-2-9-8(3-6)10(21)19-11(18-9)20-5-7(4-17-20)24-12(22)23/h1-5H,(H,22,23)(H,18,19,21). The number of benzene rings is 1. The van der Waals surface area contributed by atoms with E-state index in [1.54, 1.807) is 0 Å². The van der Waals surface area contributed by atoms with E-state index in [0.29, 0.717) is 0 Å². The van der Waals surface area contributed by atoms with E-state index in [1.807, 2.05) is 0 Å². The summed E-state index contributed by atoms with van der Waals surface area (Å²) in [6.45, 7) is 0. The SMILES string of the molecule is O=C(O)Oc1cnn(-c2nc3ccc(OC(F)(F)F)cc3c(=O)[nH]2)c1. The molecule has 9 nitrogen and oxygen atoms in total. The van der Waals surface area contributed by atoms with Crippen LogP contribution in [0.15, 0.2) is 35.4 Å². The number of ether oxygens (including phenoxy) is 2. The maximum Gasteiger partial charge on any atom is 0.573 e. The number of carboxylic acid groups (broad SMARTS) is 1. The molecule has 3 aromatic rings. The van der Waals surface area contributed by atoms with Crippen LogP contribution >= 0.6 is 0 Å². The van der Waals surface area contributed by atoms with Crippen molar-refractivity contribution in [3.05, 3.63) is 40.9 Å². The minimum atomic E-state index is -4.89. The number of H-pyrrole nitrogens is 1. The Morgan fingerprint density at radius 3 is 2.72 bits per heavy atom. The fourth-order valence-electron chi connectivity index (χ4n) is 1.99. The number of carbonyl (C=O) groups is 1. The minimum Gasteiger partial charge on any atom is -0.449 e. The lowest BCUT2D eigenvalue weighted by Gasteiger charge is -2.09. The Balaban J connectivity index is 1.99. The summed E-state index contributed by atoms with van der Waals surface area (Å²) in [5, 5.41) is 12.2. The summed E-state index contributed by atoms with van der Waals surface area (Å²) in [7, 11) is 0. The first-order valence-corrected chi connectivity index (χ1v) is 6.47. The predicted molar refractivity (Wildman–Crippen MR) is 74.8 cm³/mol. The van der Waals surface area contributed by atoms with Crippen LogP contribution in [-0.4, -0.2) is 37.4 Å². The van der Waals surface area contributed by atoms with Gasteiger partial charge in [0.25, 0.3) is 5.56 Å². The topological polar surface area (TPSA) is 119 Å². The third-order valence-corrected chi connectivity index (χ3v) is 2.88. The molecule has 2 aromatic heterocycles. The Morgan fingerprint density at radius 1 is 1.28 bits per heavy atom. The highest BCUT2D eigenvalue weighted by Crippen LogP contribution is 2.24. The number of aromatic amines is 1. The Bertz CT molecular complexity index is 1010. The predicted octanol–water partition coefficient (Wildman–Crippen LogP) is 2.06. The lowest BCUT2D eigenvalue weighted by molar-refractivity contribution is -0.274. The largest absolute Gasteiger partial charge is 0.573 e. The molecule has 0 saturated heterocycles. The van der Waals surface area contributed by atoms with Gasteiger partial charge in [0.05, 0.1) is 23.3 Å². The molecule has 2 N–H and O–H groups in total. The van der Waals surface area contributed by atoms with Crippen molar-refractivity contribution >= 4 is 17.1 Å². The number of hydrogen-bond donors (Lipinski definition) is 2. The zero-order chi connectivity index (χ0) is 18.2. The number of fused-ring (bicyclic) bond motifs is 1. The van der Waals surface area contributed by atoms with Crippen molar-refractivity contribution in [3.8, 4) is 17.4 Å². The quantitative estimate of drug-likeness (QED) is 0.689. The van der Waals surface area contributed by atoms with E-state index < -0.39 is 23.8 Å². The van der Waals surface area contributed by atoms with Gasteiger partial charge in [0.15, 0.2) is 5.75 Å². The Morgan fingerprint density at radius 2 is 2.04 bits per heavy atom. The molecule has 0 aliphatic carbocycles. The highest BCUT2D eigenvalue weighted by Gasteiger charge is 2.31. The van der Waals surface area contributed by atoms with Gasteiger partial charge in [0.2, 0.25) is 5.95 Å². The zero-order valence-corrected chi connectivity index (χ0v) is 11.9. The van der Waals surface area contributed by atoms with Crippen LogP contribution in [0.3, 0.4) is 0 Å². The average molecular weight is 356 g/mol. The van der Waals surface area contributed by atoms with Gasteiger partial charge in [-0.3, -0.25) is 9.78 Å². The number of hydrogen-bond acceptors (Lipinski definition) is 6. The molecule has 1 aromatic carbocycles. The molecule has 0 unspecified atom stereocenters. The molecule has 12 heteroatoms. The molecular formula is C13H7F3N4O5. The van der Waals surface area contributed by atoms with Crippen molar-refractivity contribution in [1.82, 2.24) is 19.7 Å². The van der Waals surface area contributed by atoms with Gasteiger partial charge in [-0.05, 0) is 18.2 Å². The second-order valence-corrected chi connectivity index (χ2v) is 4.60. The van der Waals surface area contributed by atoms with Crippen molar-refractivity contribution in [2.45, 2.75) is 6.36 Å². The number of alkyl halides is 3. The van der Waals surface area contributed by atoms with Gasteiger partial charge in [-0.2, -0.15) is 5.10 Å². The van der Waals surface area contributed by atoms with Gasteiger partial charge in [-0.25, -0.2) is 14.5 Å². The van der Waals surface area contributed by atoms with E-state index in [4.69, 9.17) is 5.11 Å². The van der Waals surface area contributed by atoms with E-state index in [2.05, 4.69) is 24.5 Å². The molecule has 0 fully saturated rings. The molecule has 0 aliphatic rings. The minimum absolute atomic E-state index is 0.0813. The average Bonchev–Trinajstić information content (AvgIpc) is 2.94. The highest BCUT2D eigenvalue weighted by molar-refractivity contribution is 5.79. The fraction of sp³-hybridized carbons (Fsp3) is 0.0769. The molecular weight excluding hydrogens is 349 g/mol. The van der Waals surface area contributed by atoms with Gasteiger partial charge in [-0.1, -0.05) is 0 Å². The zero-order valence-electron chi connectivity index (χ0n) is 11.9. The van der Waals surface area contributed by atoms with Crippen molar-refractivity contribution in [3.63, 3.8) is 0 Å². The number of nitrogens with zero attached hydrogens (tertiary/aromatic N) is 3. The van der Waals surface area contributed by atoms with E-state index in [1.165, 1.54) is 6.07 Å². The smallest absolute Gasteiger partial charge is 0.449 e. The van der Waals surface area contributed by atoms with E-state index in [0.717, 1.165) is 29.2 Å². The highest BCUT2D eigenvalue weighted by atomic mass is 19.4. The van der Waals surface area contributed by atoms with Gasteiger partial charge < -0.3 is 14.6 Å². The van der Waals surface area contributed by atoms with Crippen LogP contribution in [0.4, 0.5) is 18.0 Å². The Hall–Kier alpha value is -3.57. The number of halogens is 3. The van der Waals surface area contributed by atoms with Crippen LogP contribution in [0.5, 0.6) is 11.5 Å². The fourth-order valence-corrected chi connectivity index (χ4v) is 1.99. The van der Waals surface area contributed by atoms with Crippen molar-refractivity contribution in [2.75, 3.05) is 0 Å². The number of rotatable bonds is 3. The van der Waals surface area contributed by atoms with Crippen LogP contribution in [0.1, 0.15) is 0 Å². The molecule has 0 radical (unpaired) electrons. The van der Waals surface area contributed by atoms with E-state index in [9.17, 15) is 22.8 Å². The summed E-state index contributed by atoms with van der Waals surface area (Å²) < 4.78 is 45.9. The van der Waals surface area contributed by atoms with Crippen LogP contribution in [0, 0.1) is 0 Å². The third kappa shape index (κ3) is 3.68. The van der Waals surface area contributed by atoms with Gasteiger partial charge in [-0.15, -0.1) is 13.2 Å². The maximum absolute atomic E-state index is 12.2. The Labute approximate surface area is 135 Å². The molecule has 130 valence electrons. The number of nitrogens with one attached hydrogen (secondary N) is 1. The molecule has 25 heavy (non-hydrogen) atoms. The van der Waals surface area contributed by atoms with Gasteiger partial charge in [0, 0.05) is 0 Å². The molecule has 0 aliphatic heterocycles. The summed E-state index contributed by atoms with van der Waals surface area (Å²) in [5.41, 5.74) is -0.645. The first-order valence-electron chi connectivity index (χ1n) is 6.47. The van der Waals surface area contributed by atoms with E-state index in [-0.39, 0.29) is 22.6 Å². The van der Waals surface area contributed by atoms with Crippen LogP contribution in [0.2, 0.25) is 0 Å². The first kappa shape index (κ1) is 16.3. The monoisotopic (exact) mass is 356 g/mol. The van der Waals surface area contributed by atoms with Crippen LogP contribution in [-0.2, 0) is 0 Å². The molecule has 0 bridgehead atoms. The number of aromatic nitrogens is 4. The molecule has 2 heterocycles. The lowest BCUT2D eigenvalue weighted by atomic mass is 10.2. The molecule has 0 saturated carbocycles. The van der Waals surface area contributed by atoms with Gasteiger partial charge >= 0.3 is 12.5 Å². The maximum atomic E-state index is 12.2. The molecule has 0 amide bonds. The molecule has 3 rings (SSSR count). The normalized spacial score (nSPS) is 11.5. The summed E-state index contributed by atoms with van der Waals surface area (Å²) in [5.74, 6) is -0.748. The van der Waals surface area contributed by atoms with Crippen molar-refractivity contribution < 1.29 is 32.5 Å². The molecule has 0 spiro atoms. The Kier molecular flexibility index (Phi) is 3.79. The van der Waals surface area contributed by atoms with Gasteiger partial charge in [0.1, 0.15) is 5.75 Å². The summed E-state index contributed by atoms with van der Waals surface area (Å²) in [6, 6.07) is 3.09. The molecule has 0 atom stereocenters. The van der Waals surface area contributed by atoms with Crippen LogP contribution in [0.25, 0.3) is 16.9 Å². The van der Waals surface area contributed by atoms with Crippen LogP contribution < -0.4 is 15.0 Å². The lowest BCUT2D eigenvalue weighted by Crippen LogP contribution is -2.18. The summed E-state index contributed by atoms with van der Waals surface area (Å²) >= 11 is 0. The van der Waals surface area contributed by atoms with E-state index >= 15 is 0 Å². The first-order chi connectivity index (χ1) is 11.7. The second kappa shape index (κ2) is 5.81.